The largest absolute Gasteiger partial charge is 0.457 e. The Kier molecular flexibility index (Phi) is 6.09. The van der Waals surface area contributed by atoms with E-state index in [9.17, 15) is 19.8 Å². The standard InChI is InChI=1S/C20H28O6/c1-11-7-6-8-12(2)10-16(26-19(23)20(5,24)14(4)21)17-13(3)18(22)25-15(17)9-11/h8-10,13-15,17,21,24H,6-7H2,1-5H3. The van der Waals surface area contributed by atoms with Crippen LogP contribution in [0.1, 0.15) is 47.5 Å². The summed E-state index contributed by atoms with van der Waals surface area (Å²) in [5.74, 6) is -2.03. The molecular weight excluding hydrogens is 336 g/mol. The number of rotatable bonds is 3. The van der Waals surface area contributed by atoms with E-state index < -0.39 is 35.6 Å². The number of hydrogen-bond acceptors (Lipinski definition) is 6. The quantitative estimate of drug-likeness (QED) is 0.590. The van der Waals surface area contributed by atoms with E-state index >= 15 is 0 Å². The third-order valence-electron chi connectivity index (χ3n) is 5.11. The van der Waals surface area contributed by atoms with Crippen molar-refractivity contribution in [3.8, 4) is 0 Å². The van der Waals surface area contributed by atoms with Crippen molar-refractivity contribution in [3.05, 3.63) is 35.1 Å². The zero-order chi connectivity index (χ0) is 19.6. The molecule has 0 amide bonds. The predicted molar refractivity (Wildman–Crippen MR) is 95.8 cm³/mol. The van der Waals surface area contributed by atoms with Crippen LogP contribution >= 0.6 is 0 Å². The van der Waals surface area contributed by atoms with Crippen molar-refractivity contribution in [3.63, 3.8) is 0 Å². The fraction of sp³-hybridized carbons (Fsp3) is 0.600. The molecule has 6 nitrogen and oxygen atoms in total. The maximum Gasteiger partial charge on any atom is 0.345 e. The maximum absolute atomic E-state index is 12.4. The zero-order valence-corrected chi connectivity index (χ0v) is 16.0. The van der Waals surface area contributed by atoms with Gasteiger partial charge in [0.05, 0.1) is 17.9 Å². The van der Waals surface area contributed by atoms with Crippen LogP contribution in [0.3, 0.4) is 0 Å². The average molecular weight is 364 g/mol. The first kappa shape index (κ1) is 20.4. The molecule has 2 N–H and O–H groups in total. The molecule has 2 aliphatic rings. The average Bonchev–Trinajstić information content (AvgIpc) is 2.80. The van der Waals surface area contributed by atoms with E-state index in [0.29, 0.717) is 0 Å². The monoisotopic (exact) mass is 364 g/mol. The summed E-state index contributed by atoms with van der Waals surface area (Å²) in [5.41, 5.74) is -0.0687. The van der Waals surface area contributed by atoms with Crippen LogP contribution in [0.4, 0.5) is 0 Å². The van der Waals surface area contributed by atoms with Crippen LogP contribution in [0.2, 0.25) is 0 Å². The van der Waals surface area contributed by atoms with Gasteiger partial charge >= 0.3 is 11.9 Å². The van der Waals surface area contributed by atoms with Crippen molar-refractivity contribution in [2.45, 2.75) is 65.3 Å². The molecule has 0 radical (unpaired) electrons. The summed E-state index contributed by atoms with van der Waals surface area (Å²) in [5, 5.41) is 19.9. The number of fused-ring (bicyclic) bond motifs is 1. The van der Waals surface area contributed by atoms with Crippen molar-refractivity contribution in [2.75, 3.05) is 0 Å². The highest BCUT2D eigenvalue weighted by Gasteiger charge is 2.46. The van der Waals surface area contributed by atoms with Crippen LogP contribution in [0.25, 0.3) is 0 Å². The second-order valence-electron chi connectivity index (χ2n) is 7.48. The molecule has 26 heavy (non-hydrogen) atoms. The molecule has 6 heteroatoms. The van der Waals surface area contributed by atoms with E-state index in [0.717, 1.165) is 24.0 Å². The van der Waals surface area contributed by atoms with Crippen molar-refractivity contribution in [1.82, 2.24) is 0 Å². The Balaban J connectivity index is 2.45. The number of esters is 2. The summed E-state index contributed by atoms with van der Waals surface area (Å²) >= 11 is 0. The molecule has 0 aromatic carbocycles. The lowest BCUT2D eigenvalue weighted by molar-refractivity contribution is -0.170. The number of aliphatic hydroxyl groups is 2. The highest BCUT2D eigenvalue weighted by molar-refractivity contribution is 5.81. The molecule has 5 unspecified atom stereocenters. The first-order valence-corrected chi connectivity index (χ1v) is 8.93. The summed E-state index contributed by atoms with van der Waals surface area (Å²) < 4.78 is 11.0. The zero-order valence-electron chi connectivity index (χ0n) is 16.0. The van der Waals surface area contributed by atoms with Gasteiger partial charge in [0, 0.05) is 0 Å². The van der Waals surface area contributed by atoms with Gasteiger partial charge in [-0.25, -0.2) is 4.79 Å². The molecule has 5 atom stereocenters. The van der Waals surface area contributed by atoms with Gasteiger partial charge < -0.3 is 19.7 Å². The predicted octanol–water partition coefficient (Wildman–Crippen LogP) is 2.41. The minimum Gasteiger partial charge on any atom is -0.457 e. The smallest absolute Gasteiger partial charge is 0.345 e. The molecule has 1 fully saturated rings. The number of carbonyl (C=O) groups excluding carboxylic acids is 2. The van der Waals surface area contributed by atoms with Gasteiger partial charge in [0.15, 0.2) is 5.60 Å². The molecule has 0 saturated carbocycles. The van der Waals surface area contributed by atoms with Crippen molar-refractivity contribution in [2.24, 2.45) is 11.8 Å². The second kappa shape index (κ2) is 7.76. The highest BCUT2D eigenvalue weighted by Crippen LogP contribution is 2.37. The van der Waals surface area contributed by atoms with Gasteiger partial charge in [-0.3, -0.25) is 4.79 Å². The van der Waals surface area contributed by atoms with E-state index in [1.807, 2.05) is 26.0 Å². The lowest BCUT2D eigenvalue weighted by atomic mass is 9.87. The summed E-state index contributed by atoms with van der Waals surface area (Å²) in [4.78, 5) is 24.6. The molecule has 2 rings (SSSR count). The Bertz CT molecular complexity index is 668. The molecular formula is C20H28O6. The summed E-state index contributed by atoms with van der Waals surface area (Å²) in [7, 11) is 0. The third kappa shape index (κ3) is 4.24. The number of allylic oxidation sites excluding steroid dienone is 4. The van der Waals surface area contributed by atoms with Crippen molar-refractivity contribution in [1.29, 1.82) is 0 Å². The molecule has 1 aliphatic carbocycles. The highest BCUT2D eigenvalue weighted by atomic mass is 16.6. The third-order valence-corrected chi connectivity index (χ3v) is 5.11. The van der Waals surface area contributed by atoms with Crippen LogP contribution in [-0.2, 0) is 19.1 Å². The van der Waals surface area contributed by atoms with Crippen LogP contribution in [0, 0.1) is 11.8 Å². The van der Waals surface area contributed by atoms with Crippen molar-refractivity contribution >= 4 is 11.9 Å². The fourth-order valence-electron chi connectivity index (χ4n) is 3.04. The minimum atomic E-state index is -2.05. The summed E-state index contributed by atoms with van der Waals surface area (Å²) in [6.45, 7) is 8.11. The van der Waals surface area contributed by atoms with Crippen LogP contribution in [0.5, 0.6) is 0 Å². The van der Waals surface area contributed by atoms with E-state index in [4.69, 9.17) is 9.47 Å². The second-order valence-corrected chi connectivity index (χ2v) is 7.48. The Labute approximate surface area is 154 Å². The molecule has 144 valence electrons. The van der Waals surface area contributed by atoms with Gasteiger partial charge in [-0.05, 0) is 52.7 Å². The van der Waals surface area contributed by atoms with Gasteiger partial charge in [0.25, 0.3) is 0 Å². The lowest BCUT2D eigenvalue weighted by Crippen LogP contribution is -2.46. The first-order chi connectivity index (χ1) is 12.0. The van der Waals surface area contributed by atoms with Gasteiger partial charge in [-0.15, -0.1) is 0 Å². The minimum absolute atomic E-state index is 0.263. The van der Waals surface area contributed by atoms with Crippen LogP contribution in [0.15, 0.2) is 35.1 Å². The van der Waals surface area contributed by atoms with E-state index in [-0.39, 0.29) is 11.7 Å². The molecule has 0 aromatic rings. The van der Waals surface area contributed by atoms with Gasteiger partial charge in [-0.1, -0.05) is 24.1 Å². The molecule has 0 aromatic heterocycles. The molecule has 1 saturated heterocycles. The van der Waals surface area contributed by atoms with E-state index in [1.165, 1.54) is 13.8 Å². The molecule has 1 aliphatic heterocycles. The lowest BCUT2D eigenvalue weighted by Gasteiger charge is -2.27. The summed E-state index contributed by atoms with van der Waals surface area (Å²) in [6, 6.07) is 0. The van der Waals surface area contributed by atoms with Gasteiger partial charge in [0.1, 0.15) is 11.9 Å². The Morgan fingerprint density at radius 1 is 1.42 bits per heavy atom. The summed E-state index contributed by atoms with van der Waals surface area (Å²) in [6.07, 6.45) is 5.48. The molecule has 1 heterocycles. The Morgan fingerprint density at radius 2 is 2.08 bits per heavy atom. The number of hydrogen-bond donors (Lipinski definition) is 2. The van der Waals surface area contributed by atoms with Crippen LogP contribution in [-0.4, -0.2) is 40.0 Å². The SMILES string of the molecule is CC1=CCCC(C)=CC2OC(=O)C(C)C2C(OC(=O)C(C)(O)C(C)O)=C1. The normalized spacial score (nSPS) is 30.0. The van der Waals surface area contributed by atoms with Crippen LogP contribution < -0.4 is 0 Å². The molecule has 0 bridgehead atoms. The maximum atomic E-state index is 12.4. The van der Waals surface area contributed by atoms with Crippen molar-refractivity contribution < 1.29 is 29.3 Å². The number of aliphatic hydroxyl groups excluding tert-OH is 1. The van der Waals surface area contributed by atoms with E-state index in [2.05, 4.69) is 0 Å². The van der Waals surface area contributed by atoms with Gasteiger partial charge in [-0.2, -0.15) is 0 Å². The molecule has 0 spiro atoms. The number of ether oxygens (including phenoxy) is 2. The topological polar surface area (TPSA) is 93.1 Å². The first-order valence-electron chi connectivity index (χ1n) is 8.93. The Hall–Kier alpha value is -1.92. The van der Waals surface area contributed by atoms with Gasteiger partial charge in [0.2, 0.25) is 0 Å². The number of carbonyl (C=O) groups is 2. The van der Waals surface area contributed by atoms with E-state index in [1.54, 1.807) is 13.0 Å². The fourth-order valence-corrected chi connectivity index (χ4v) is 3.04. The Morgan fingerprint density at radius 3 is 2.69 bits per heavy atom.